The largest absolute Gasteiger partial charge is 0.433 e. The maximum Gasteiger partial charge on any atom is 0.387 e. The maximum atomic E-state index is 12.1. The Labute approximate surface area is 125 Å². The summed E-state index contributed by atoms with van der Waals surface area (Å²) in [5.74, 6) is -0.408. The average molecular weight is 308 g/mol. The number of carbonyl (C=O) groups is 1. The van der Waals surface area contributed by atoms with Crippen LogP contribution in [-0.2, 0) is 13.0 Å². The number of fused-ring (bicyclic) bond motifs is 1. The quantitative estimate of drug-likeness (QED) is 0.932. The predicted octanol–water partition coefficient (Wildman–Crippen LogP) is 1.62. The average Bonchev–Trinajstić information content (AvgIpc) is 2.95. The van der Waals surface area contributed by atoms with Crippen molar-refractivity contribution in [2.75, 3.05) is 0 Å². The van der Waals surface area contributed by atoms with Crippen LogP contribution in [0.2, 0.25) is 0 Å². The van der Waals surface area contributed by atoms with Crippen molar-refractivity contribution in [3.63, 3.8) is 0 Å². The molecule has 0 saturated heterocycles. The van der Waals surface area contributed by atoms with E-state index in [4.69, 9.17) is 0 Å². The second-order valence-corrected chi connectivity index (χ2v) is 4.97. The van der Waals surface area contributed by atoms with E-state index in [2.05, 4.69) is 20.1 Å². The Morgan fingerprint density at radius 3 is 3.00 bits per heavy atom. The first-order valence-corrected chi connectivity index (χ1v) is 6.84. The number of aromatic nitrogens is 3. The Morgan fingerprint density at radius 1 is 1.41 bits per heavy atom. The van der Waals surface area contributed by atoms with E-state index in [0.29, 0.717) is 6.42 Å². The summed E-state index contributed by atoms with van der Waals surface area (Å²) in [6.07, 6.45) is 4.34. The summed E-state index contributed by atoms with van der Waals surface area (Å²) in [5, 5.41) is 7.07. The van der Waals surface area contributed by atoms with Gasteiger partial charge in [-0.25, -0.2) is 4.98 Å². The fourth-order valence-corrected chi connectivity index (χ4v) is 2.44. The van der Waals surface area contributed by atoms with Crippen molar-refractivity contribution in [1.29, 1.82) is 0 Å². The minimum absolute atomic E-state index is 0.00971. The maximum absolute atomic E-state index is 12.1. The van der Waals surface area contributed by atoms with Crippen LogP contribution in [0.4, 0.5) is 8.78 Å². The smallest absolute Gasteiger partial charge is 0.387 e. The molecule has 0 spiro atoms. The van der Waals surface area contributed by atoms with Gasteiger partial charge >= 0.3 is 6.61 Å². The summed E-state index contributed by atoms with van der Waals surface area (Å²) >= 11 is 0. The zero-order valence-electron chi connectivity index (χ0n) is 11.6. The highest BCUT2D eigenvalue weighted by atomic mass is 19.3. The van der Waals surface area contributed by atoms with Gasteiger partial charge in [0, 0.05) is 30.9 Å². The zero-order chi connectivity index (χ0) is 15.5. The van der Waals surface area contributed by atoms with Crippen LogP contribution in [0.15, 0.2) is 30.6 Å². The molecule has 2 aromatic heterocycles. The van der Waals surface area contributed by atoms with Gasteiger partial charge in [0.25, 0.3) is 5.91 Å². The molecule has 22 heavy (non-hydrogen) atoms. The lowest BCUT2D eigenvalue weighted by atomic mass is 10.0. The number of amides is 1. The minimum Gasteiger partial charge on any atom is -0.433 e. The molecule has 1 aliphatic rings. The molecule has 8 heteroatoms. The number of pyridine rings is 1. The number of rotatable bonds is 4. The number of hydrogen-bond acceptors (Lipinski definition) is 4. The van der Waals surface area contributed by atoms with Crippen LogP contribution in [0.1, 0.15) is 22.6 Å². The number of carbonyl (C=O) groups excluding carboxylic acids is 1. The molecule has 1 aliphatic heterocycles. The molecule has 1 N–H and O–H groups in total. The van der Waals surface area contributed by atoms with E-state index in [1.54, 1.807) is 6.20 Å². The van der Waals surface area contributed by atoms with Crippen LogP contribution in [0.25, 0.3) is 0 Å². The highest BCUT2D eigenvalue weighted by Gasteiger charge is 2.21. The first kappa shape index (κ1) is 14.4. The van der Waals surface area contributed by atoms with Crippen molar-refractivity contribution in [3.05, 3.63) is 42.0 Å². The third-order valence-corrected chi connectivity index (χ3v) is 3.48. The van der Waals surface area contributed by atoms with E-state index in [1.165, 1.54) is 12.1 Å². The van der Waals surface area contributed by atoms with Gasteiger partial charge in [-0.05, 0) is 24.6 Å². The first-order valence-electron chi connectivity index (χ1n) is 6.84. The topological polar surface area (TPSA) is 69.0 Å². The Hall–Kier alpha value is -2.51. The van der Waals surface area contributed by atoms with Crippen molar-refractivity contribution in [3.8, 4) is 5.75 Å². The number of hydrogen-bond donors (Lipinski definition) is 1. The zero-order valence-corrected chi connectivity index (χ0v) is 11.6. The fraction of sp³-hybridized carbons (Fsp3) is 0.357. The van der Waals surface area contributed by atoms with Gasteiger partial charge in [-0.3, -0.25) is 9.48 Å². The van der Waals surface area contributed by atoms with Gasteiger partial charge in [-0.2, -0.15) is 13.9 Å². The van der Waals surface area contributed by atoms with Crippen LogP contribution in [0.3, 0.4) is 0 Å². The van der Waals surface area contributed by atoms with Crippen molar-refractivity contribution in [2.24, 2.45) is 0 Å². The molecule has 2 aromatic rings. The van der Waals surface area contributed by atoms with E-state index in [-0.39, 0.29) is 23.4 Å². The summed E-state index contributed by atoms with van der Waals surface area (Å²) in [6, 6.07) is 4.59. The van der Waals surface area contributed by atoms with Crippen LogP contribution in [0.5, 0.6) is 5.75 Å². The molecule has 0 radical (unpaired) electrons. The number of halogens is 2. The second-order valence-electron chi connectivity index (χ2n) is 4.97. The van der Waals surface area contributed by atoms with E-state index in [9.17, 15) is 13.6 Å². The Morgan fingerprint density at radius 2 is 2.27 bits per heavy atom. The molecule has 0 bridgehead atoms. The Kier molecular flexibility index (Phi) is 3.99. The number of aryl methyl sites for hydroxylation is 1. The molecule has 0 aliphatic carbocycles. The minimum atomic E-state index is -2.91. The molecule has 3 rings (SSSR count). The summed E-state index contributed by atoms with van der Waals surface area (Å²) < 4.78 is 30.2. The summed E-state index contributed by atoms with van der Waals surface area (Å²) in [7, 11) is 0. The Bertz CT molecular complexity index is 657. The molecular weight excluding hydrogens is 294 g/mol. The van der Waals surface area contributed by atoms with Crippen LogP contribution < -0.4 is 10.1 Å². The summed E-state index contributed by atoms with van der Waals surface area (Å²) in [5.41, 5.74) is 1.24. The predicted molar refractivity (Wildman–Crippen MR) is 72.7 cm³/mol. The molecule has 1 amide bonds. The standard InChI is InChI=1S/C14H14F2N4O2/c15-14(16)22-11-1-2-12(17-8-11)13(21)19-9-4-6-20-10(7-9)3-5-18-20/h1-3,5,8-9,14H,4,6-7H2,(H,19,21). The van der Waals surface area contributed by atoms with Gasteiger partial charge in [0.05, 0.1) is 6.20 Å². The monoisotopic (exact) mass is 308 g/mol. The van der Waals surface area contributed by atoms with E-state index in [1.807, 2.05) is 10.7 Å². The van der Waals surface area contributed by atoms with Gasteiger partial charge < -0.3 is 10.1 Å². The van der Waals surface area contributed by atoms with Crippen LogP contribution in [-0.4, -0.2) is 33.3 Å². The lowest BCUT2D eigenvalue weighted by Gasteiger charge is -2.24. The molecule has 1 unspecified atom stereocenters. The molecule has 0 saturated carbocycles. The highest BCUT2D eigenvalue weighted by molar-refractivity contribution is 5.92. The number of alkyl halides is 2. The molecule has 0 fully saturated rings. The molecule has 1 atom stereocenters. The Balaban J connectivity index is 1.60. The number of ether oxygens (including phenoxy) is 1. The van der Waals surface area contributed by atoms with Crippen LogP contribution >= 0.6 is 0 Å². The fourth-order valence-electron chi connectivity index (χ4n) is 2.44. The number of nitrogens with one attached hydrogen (secondary N) is 1. The SMILES string of the molecule is O=C(NC1CCn2nccc2C1)c1ccc(OC(F)F)cn1. The van der Waals surface area contributed by atoms with Gasteiger partial charge in [0.2, 0.25) is 0 Å². The van der Waals surface area contributed by atoms with Gasteiger partial charge in [0.15, 0.2) is 0 Å². The third kappa shape index (κ3) is 3.21. The molecule has 0 aromatic carbocycles. The van der Waals surface area contributed by atoms with Crippen molar-refractivity contribution < 1.29 is 18.3 Å². The number of nitrogens with zero attached hydrogens (tertiary/aromatic N) is 3. The third-order valence-electron chi connectivity index (χ3n) is 3.48. The van der Waals surface area contributed by atoms with Gasteiger partial charge in [-0.1, -0.05) is 0 Å². The van der Waals surface area contributed by atoms with Crippen molar-refractivity contribution in [2.45, 2.75) is 32.0 Å². The summed E-state index contributed by atoms with van der Waals surface area (Å²) in [6.45, 7) is -2.16. The lowest BCUT2D eigenvalue weighted by Crippen LogP contribution is -2.40. The van der Waals surface area contributed by atoms with Gasteiger partial charge in [0.1, 0.15) is 11.4 Å². The van der Waals surface area contributed by atoms with Crippen molar-refractivity contribution >= 4 is 5.91 Å². The lowest BCUT2D eigenvalue weighted by molar-refractivity contribution is -0.0500. The molecule has 3 heterocycles. The summed E-state index contributed by atoms with van der Waals surface area (Å²) in [4.78, 5) is 16.0. The first-order chi connectivity index (χ1) is 10.6. The highest BCUT2D eigenvalue weighted by Crippen LogP contribution is 2.15. The van der Waals surface area contributed by atoms with Crippen LogP contribution in [0, 0.1) is 0 Å². The molecule has 6 nitrogen and oxygen atoms in total. The van der Waals surface area contributed by atoms with E-state index in [0.717, 1.165) is 24.9 Å². The normalized spacial score (nSPS) is 17.1. The molecule has 116 valence electrons. The van der Waals surface area contributed by atoms with E-state index < -0.39 is 6.61 Å². The molecular formula is C14H14F2N4O2. The van der Waals surface area contributed by atoms with Crippen molar-refractivity contribution in [1.82, 2.24) is 20.1 Å². The van der Waals surface area contributed by atoms with E-state index >= 15 is 0 Å². The van der Waals surface area contributed by atoms with Gasteiger partial charge in [-0.15, -0.1) is 0 Å². The second kappa shape index (κ2) is 6.08.